The maximum absolute atomic E-state index is 17.1. The maximum Gasteiger partial charge on any atom is 0.338 e. The van der Waals surface area contributed by atoms with Gasteiger partial charge in [0.15, 0.2) is 79.9 Å². The highest BCUT2D eigenvalue weighted by molar-refractivity contribution is 5.94. The van der Waals surface area contributed by atoms with Crippen LogP contribution in [0, 0.1) is 50.2 Å². The van der Waals surface area contributed by atoms with Gasteiger partial charge in [0.25, 0.3) is 0 Å². The fourth-order valence-corrected chi connectivity index (χ4v) is 23.8. The average Bonchev–Trinajstić information content (AvgIpc) is 0.672. The first kappa shape index (κ1) is 105. The molecule has 0 spiro atoms. The van der Waals surface area contributed by atoms with Crippen LogP contribution in [0.2, 0.25) is 0 Å². The molecule has 4 saturated carbocycles. The van der Waals surface area contributed by atoms with Gasteiger partial charge in [0.1, 0.15) is 24.9 Å². The second-order valence-electron chi connectivity index (χ2n) is 41.0. The molecule has 4 saturated heterocycles. The van der Waals surface area contributed by atoms with Gasteiger partial charge in [-0.15, -0.1) is 0 Å². The summed E-state index contributed by atoms with van der Waals surface area (Å²) in [5.74, 6) is -12.3. The Hall–Kier alpha value is -12.9. The summed E-state index contributed by atoms with van der Waals surface area (Å²) in [5, 5.41) is 0. The van der Waals surface area contributed by atoms with Crippen molar-refractivity contribution in [3.05, 3.63) is 263 Å². The lowest BCUT2D eigenvalue weighted by Gasteiger charge is -2.71. The summed E-state index contributed by atoms with van der Waals surface area (Å²) in [6.45, 7) is 20.4. The fraction of sp³-hybridized carbons (Fsp3) is 0.491. The van der Waals surface area contributed by atoms with Crippen LogP contribution >= 0.6 is 0 Å². The number of hydrogen-bond acceptors (Lipinski definition) is 33. The zero-order valence-electron chi connectivity index (χ0n) is 83.2. The molecule has 0 aromatic heterocycles. The Morgan fingerprint density at radius 1 is 0.338 bits per heavy atom. The molecule has 770 valence electrons. The molecule has 16 rings (SSSR count). The van der Waals surface area contributed by atoms with Crippen LogP contribution < -0.4 is 0 Å². The number of carbonyl (C=O) groups is 13. The molecule has 9 aliphatic rings. The topological polar surface area (TPSA) is 407 Å². The van der Waals surface area contributed by atoms with Crippen molar-refractivity contribution in [2.75, 3.05) is 19.8 Å². The number of benzene rings is 7. The van der Waals surface area contributed by atoms with E-state index in [2.05, 4.69) is 54.5 Å². The van der Waals surface area contributed by atoms with E-state index in [0.717, 1.165) is 53.0 Å². The fourth-order valence-electron chi connectivity index (χ4n) is 23.8. The van der Waals surface area contributed by atoms with Gasteiger partial charge in [-0.2, -0.15) is 0 Å². The SMILES string of the molecule is CC(=O)O[C@@H]1[C@@H](OC(C)=O)[C@H](C)O[C@@H](O[C@H]2[C@H](OC(C)=O)[C@@H](OC(C)=O)[C@H](OC[C@H]3O[C@@H](OC(=O)[C@]45CCC(C)(C)CC4C4=CC[C@@H]6[C@@]7(C)CC[C@H](O[C@@H]8OC[C@H](OC(=O)c9ccccc9)[C@H](OC(=O)c9ccccc9)[C@H]8OC(=O)c8ccccc8)C(C)(C)C7CC[C@@]6(C)[C@]4(C)CC5)[C@H](OC(=O)c4ccccc4)[C@@H](OC(=O)c4ccccc4)[C@@H]3OC(=O)c3ccccc3)O[C@@H]2COC(=O)c2ccccc2)[C@@H]1OC(C)=O. The molecule has 5 aliphatic carbocycles. The molecule has 0 N–H and O–H groups in total. The lowest BCUT2D eigenvalue weighted by atomic mass is 9.33. The first-order valence-electron chi connectivity index (χ1n) is 49.3. The summed E-state index contributed by atoms with van der Waals surface area (Å²) < 4.78 is 129. The molecule has 4 heterocycles. The van der Waals surface area contributed by atoms with Gasteiger partial charge < -0.3 is 94.7 Å². The lowest BCUT2D eigenvalue weighted by Crippen LogP contribution is -2.67. The highest BCUT2D eigenvalue weighted by atomic mass is 16.8. The zero-order valence-corrected chi connectivity index (χ0v) is 83.2. The van der Waals surface area contributed by atoms with E-state index >= 15 is 19.2 Å². The summed E-state index contributed by atoms with van der Waals surface area (Å²) in [6.07, 6.45) is -26.1. The Kier molecular flexibility index (Phi) is 32.0. The number of esters is 13. The number of fused-ring (bicyclic) bond motifs is 7. The predicted molar refractivity (Wildman–Crippen MR) is 511 cm³/mol. The largest absolute Gasteiger partial charge is 0.459 e. The van der Waals surface area contributed by atoms with E-state index < -0.39 is 241 Å². The summed E-state index contributed by atoms with van der Waals surface area (Å²) >= 11 is 0. The number of rotatable bonds is 29. The van der Waals surface area contributed by atoms with E-state index in [1.807, 2.05) is 0 Å². The van der Waals surface area contributed by atoms with Crippen molar-refractivity contribution < 1.29 is 157 Å². The number of hydrogen-bond donors (Lipinski definition) is 0. The molecule has 7 aromatic carbocycles. The van der Waals surface area contributed by atoms with Crippen molar-refractivity contribution in [3.63, 3.8) is 0 Å². The summed E-state index contributed by atoms with van der Waals surface area (Å²) in [6, 6.07) is 55.9. The van der Waals surface area contributed by atoms with Gasteiger partial charge in [-0.05, 0) is 201 Å². The molecule has 7 aromatic rings. The molecular weight excluding hydrogens is 1870 g/mol. The molecule has 33 heteroatoms. The smallest absolute Gasteiger partial charge is 0.338 e. The van der Waals surface area contributed by atoms with Crippen LogP contribution in [0.5, 0.6) is 0 Å². The van der Waals surface area contributed by atoms with Gasteiger partial charge in [-0.1, -0.05) is 188 Å². The van der Waals surface area contributed by atoms with Crippen LogP contribution in [0.15, 0.2) is 224 Å². The molecular formula is C112H124O33. The van der Waals surface area contributed by atoms with Gasteiger partial charge in [0, 0.05) is 34.6 Å². The minimum Gasteiger partial charge on any atom is -0.459 e. The molecule has 27 atom stereocenters. The van der Waals surface area contributed by atoms with Gasteiger partial charge >= 0.3 is 77.6 Å². The van der Waals surface area contributed by atoms with Crippen LogP contribution in [0.3, 0.4) is 0 Å². The molecule has 33 nitrogen and oxygen atoms in total. The third kappa shape index (κ3) is 22.6. The molecule has 0 radical (unpaired) electrons. The van der Waals surface area contributed by atoms with Crippen molar-refractivity contribution in [3.8, 4) is 0 Å². The van der Waals surface area contributed by atoms with E-state index in [1.165, 1.54) is 55.5 Å². The van der Waals surface area contributed by atoms with Gasteiger partial charge in [0.05, 0.1) is 69.8 Å². The van der Waals surface area contributed by atoms with E-state index in [-0.39, 0.29) is 74.6 Å². The lowest BCUT2D eigenvalue weighted by molar-refractivity contribution is -0.362. The number of ether oxygens (including phenoxy) is 20. The monoisotopic (exact) mass is 2000 g/mol. The Morgan fingerprint density at radius 3 is 1.21 bits per heavy atom. The van der Waals surface area contributed by atoms with Gasteiger partial charge in [-0.3, -0.25) is 28.8 Å². The van der Waals surface area contributed by atoms with Crippen molar-refractivity contribution in [1.82, 2.24) is 0 Å². The third-order valence-corrected chi connectivity index (χ3v) is 30.9. The van der Waals surface area contributed by atoms with E-state index in [1.54, 1.807) is 164 Å². The minimum atomic E-state index is -2.13. The quantitative estimate of drug-likeness (QED) is 0.0182. The van der Waals surface area contributed by atoms with E-state index in [9.17, 15) is 43.2 Å². The normalized spacial score (nSPS) is 32.6. The standard InChI is InChI=1S/C112H124O33/c1-63-84(130-64(2)113)88(131-65(3)114)93(134-68(6)117)104(129-63)144-86-79(60-126-95(118)69-35-21-14-22-36-69)136-102(92(133-67(5)116)89(86)132-66(4)115)127-62-80-85(139-97(120)71-39-25-16-26-40-71)90(141-99(122)73-43-29-18-30-44-73)94(143-101(124)75-47-33-20-34-48-75)105(137-80)145-106(125)112-57-55-107(7,8)59-77(112)76-49-50-82-109(11)53-52-83(108(9,10)81(109)51-54-111(82,13)110(76,12)56-58-112)138-103-91(142-100(123)74-45-31-19-32-46-74)87(140-98(121)72-41-27-17-28-42-72)78(61-128-103)135-96(119)70-37-23-15-24-38-70/h14-49,63,77-94,102-105H,50-62H2,1-13H3/t63-,77?,78-,79+,80+,81?,82+,83-,84-,85+,86+,87-,88+,89-,90-,91+,92+,93+,94+,102+,103-,104-,105-,109-,110+,111+,112-/m0/s1. The van der Waals surface area contributed by atoms with Gasteiger partial charge in [-0.25, -0.2) is 33.6 Å². The average molecular weight is 2000 g/mol. The summed E-state index contributed by atoms with van der Waals surface area (Å²) in [7, 11) is 0. The summed E-state index contributed by atoms with van der Waals surface area (Å²) in [5.41, 5.74) is -2.00. The first-order valence-corrected chi connectivity index (χ1v) is 49.3. The van der Waals surface area contributed by atoms with Crippen molar-refractivity contribution in [1.29, 1.82) is 0 Å². The van der Waals surface area contributed by atoms with Crippen molar-refractivity contribution in [2.24, 2.45) is 50.2 Å². The zero-order chi connectivity index (χ0) is 103. The van der Waals surface area contributed by atoms with Crippen molar-refractivity contribution in [2.45, 2.75) is 277 Å². The van der Waals surface area contributed by atoms with Crippen LogP contribution in [-0.2, 0) is 124 Å². The Bertz CT molecular complexity index is 5870. The van der Waals surface area contributed by atoms with E-state index in [0.29, 0.717) is 44.9 Å². The minimum absolute atomic E-state index is 0.00341. The van der Waals surface area contributed by atoms with Crippen LogP contribution in [0.4, 0.5) is 0 Å². The molecule has 0 bridgehead atoms. The highest BCUT2D eigenvalue weighted by Crippen LogP contribution is 2.76. The Morgan fingerprint density at radius 2 is 0.724 bits per heavy atom. The van der Waals surface area contributed by atoms with Gasteiger partial charge in [0.2, 0.25) is 12.4 Å². The second kappa shape index (κ2) is 44.2. The Balaban J connectivity index is 0.740. The van der Waals surface area contributed by atoms with Crippen LogP contribution in [-0.4, -0.2) is 220 Å². The molecule has 0 amide bonds. The molecule has 145 heavy (non-hydrogen) atoms. The van der Waals surface area contributed by atoms with Crippen LogP contribution in [0.25, 0.3) is 0 Å². The summed E-state index contributed by atoms with van der Waals surface area (Å²) in [4.78, 5) is 187. The predicted octanol–water partition coefficient (Wildman–Crippen LogP) is 15.5. The van der Waals surface area contributed by atoms with Crippen LogP contribution in [0.1, 0.15) is 227 Å². The van der Waals surface area contributed by atoms with Crippen molar-refractivity contribution >= 4 is 77.6 Å². The second-order valence-corrected chi connectivity index (χ2v) is 41.0. The molecule has 4 aliphatic heterocycles. The number of allylic oxidation sites excluding steroid dienone is 2. The maximum atomic E-state index is 17.1. The molecule has 2 unspecified atom stereocenters. The first-order chi connectivity index (χ1) is 69.3. The highest BCUT2D eigenvalue weighted by Gasteiger charge is 2.71. The van der Waals surface area contributed by atoms with E-state index in [4.69, 9.17) is 94.7 Å². The Labute approximate surface area is 840 Å². The third-order valence-electron chi connectivity index (χ3n) is 30.9. The molecule has 8 fully saturated rings. The number of carbonyl (C=O) groups excluding carboxylic acids is 13.